The average Bonchev–Trinajstić information content (AvgIpc) is 2.64. The van der Waals surface area contributed by atoms with Crippen LogP contribution in [0.3, 0.4) is 0 Å². The third-order valence-electron chi connectivity index (χ3n) is 3.20. The van der Waals surface area contributed by atoms with Gasteiger partial charge in [-0.1, -0.05) is 25.1 Å². The minimum absolute atomic E-state index is 0.528. The van der Waals surface area contributed by atoms with E-state index in [1.165, 1.54) is 22.2 Å². The van der Waals surface area contributed by atoms with Gasteiger partial charge in [-0.3, -0.25) is 4.99 Å². The van der Waals surface area contributed by atoms with Crippen LogP contribution in [0.5, 0.6) is 0 Å². The lowest BCUT2D eigenvalue weighted by molar-refractivity contribution is 0.765. The van der Waals surface area contributed by atoms with E-state index in [1.54, 1.807) is 0 Å². The summed E-state index contributed by atoms with van der Waals surface area (Å²) in [6, 6.07) is 8.50. The normalized spacial score (nSPS) is 20.1. The summed E-state index contributed by atoms with van der Waals surface area (Å²) >= 11 is 0. The second kappa shape index (κ2) is 2.96. The summed E-state index contributed by atoms with van der Waals surface area (Å²) < 4.78 is 0. The Morgan fingerprint density at radius 2 is 2.13 bits per heavy atom. The van der Waals surface area contributed by atoms with Gasteiger partial charge in [0.25, 0.3) is 0 Å². The molecule has 0 amide bonds. The Hall–Kier alpha value is -1.57. The van der Waals surface area contributed by atoms with Crippen molar-refractivity contribution in [1.82, 2.24) is 4.98 Å². The van der Waals surface area contributed by atoms with Crippen LogP contribution in [-0.2, 0) is 0 Å². The third kappa shape index (κ3) is 1.14. The molecule has 0 fully saturated rings. The lowest BCUT2D eigenvalue weighted by atomic mass is 9.94. The molecule has 0 radical (unpaired) electrons. The van der Waals surface area contributed by atoms with Crippen LogP contribution in [-0.4, -0.2) is 17.2 Å². The molecular weight excluding hydrogens is 184 g/mol. The first-order valence-corrected chi connectivity index (χ1v) is 5.39. The topological polar surface area (TPSA) is 28.1 Å². The van der Waals surface area contributed by atoms with Crippen LogP contribution in [0.1, 0.15) is 31.0 Å². The number of para-hydroxylation sites is 1. The molecule has 2 nitrogen and oxygen atoms in total. The molecule has 0 aliphatic carbocycles. The predicted octanol–water partition coefficient (Wildman–Crippen LogP) is 3.09. The lowest BCUT2D eigenvalue weighted by Crippen LogP contribution is -2.12. The fraction of sp³-hybridized carbons (Fsp3) is 0.308. The standard InChI is InChI=1S/C13H14N2/c1-8-7-14-9(2)13-12(8)10-5-3-4-6-11(10)15-13/h3-6,8,15H,7H2,1-2H3/t8-/m1/s1. The van der Waals surface area contributed by atoms with E-state index in [0.29, 0.717) is 5.92 Å². The van der Waals surface area contributed by atoms with Crippen LogP contribution in [0, 0.1) is 0 Å². The molecule has 0 saturated heterocycles. The molecule has 15 heavy (non-hydrogen) atoms. The highest BCUT2D eigenvalue weighted by Gasteiger charge is 2.21. The molecule has 76 valence electrons. The highest BCUT2D eigenvalue weighted by Crippen LogP contribution is 2.32. The number of nitrogens with zero attached hydrogens (tertiary/aromatic N) is 1. The van der Waals surface area contributed by atoms with Crippen LogP contribution in [0.2, 0.25) is 0 Å². The van der Waals surface area contributed by atoms with E-state index in [9.17, 15) is 0 Å². The fourth-order valence-electron chi connectivity index (χ4n) is 2.41. The summed E-state index contributed by atoms with van der Waals surface area (Å²) in [5.74, 6) is 0.528. The minimum Gasteiger partial charge on any atom is -0.353 e. The van der Waals surface area contributed by atoms with Gasteiger partial charge in [0.05, 0.1) is 11.4 Å². The van der Waals surface area contributed by atoms with Crippen molar-refractivity contribution >= 4 is 16.6 Å². The monoisotopic (exact) mass is 198 g/mol. The van der Waals surface area contributed by atoms with E-state index < -0.39 is 0 Å². The lowest BCUT2D eigenvalue weighted by Gasteiger charge is -2.16. The first-order valence-electron chi connectivity index (χ1n) is 5.39. The molecule has 0 saturated carbocycles. The maximum atomic E-state index is 4.53. The number of benzene rings is 1. The molecule has 1 atom stereocenters. The predicted molar refractivity (Wildman–Crippen MR) is 63.8 cm³/mol. The molecule has 2 aromatic rings. The van der Waals surface area contributed by atoms with Crippen LogP contribution in [0.4, 0.5) is 0 Å². The third-order valence-corrected chi connectivity index (χ3v) is 3.20. The average molecular weight is 198 g/mol. The molecule has 1 N–H and O–H groups in total. The molecule has 1 aliphatic rings. The molecule has 0 bridgehead atoms. The summed E-state index contributed by atoms with van der Waals surface area (Å²) in [6.07, 6.45) is 0. The van der Waals surface area contributed by atoms with Crippen molar-refractivity contribution in [3.05, 3.63) is 35.5 Å². The zero-order valence-electron chi connectivity index (χ0n) is 9.04. The van der Waals surface area contributed by atoms with E-state index in [1.807, 2.05) is 0 Å². The second-order valence-corrected chi connectivity index (χ2v) is 4.29. The van der Waals surface area contributed by atoms with Gasteiger partial charge in [-0.25, -0.2) is 0 Å². The number of aromatic nitrogens is 1. The second-order valence-electron chi connectivity index (χ2n) is 4.29. The molecular formula is C13H14N2. The Balaban J connectivity index is 2.40. The maximum Gasteiger partial charge on any atom is 0.0638 e. The number of aliphatic imine (C=N–C) groups is 1. The Morgan fingerprint density at radius 3 is 3.00 bits per heavy atom. The quantitative estimate of drug-likeness (QED) is 0.674. The molecule has 0 unspecified atom stereocenters. The van der Waals surface area contributed by atoms with Crippen LogP contribution < -0.4 is 0 Å². The molecule has 0 spiro atoms. The van der Waals surface area contributed by atoms with Crippen molar-refractivity contribution in [1.29, 1.82) is 0 Å². The van der Waals surface area contributed by atoms with E-state index in [4.69, 9.17) is 0 Å². The van der Waals surface area contributed by atoms with Gasteiger partial charge in [0.1, 0.15) is 0 Å². The van der Waals surface area contributed by atoms with Crippen molar-refractivity contribution in [2.24, 2.45) is 4.99 Å². The van der Waals surface area contributed by atoms with Gasteiger partial charge in [0, 0.05) is 23.4 Å². The van der Waals surface area contributed by atoms with E-state index >= 15 is 0 Å². The van der Waals surface area contributed by atoms with Gasteiger partial charge < -0.3 is 4.98 Å². The zero-order valence-corrected chi connectivity index (χ0v) is 9.04. The Bertz CT molecular complexity index is 549. The summed E-state index contributed by atoms with van der Waals surface area (Å²) in [5, 5.41) is 1.36. The van der Waals surface area contributed by atoms with Gasteiger partial charge in [-0.05, 0) is 18.6 Å². The van der Waals surface area contributed by atoms with Gasteiger partial charge in [0.15, 0.2) is 0 Å². The molecule has 3 rings (SSSR count). The van der Waals surface area contributed by atoms with Crippen molar-refractivity contribution in [2.75, 3.05) is 6.54 Å². The van der Waals surface area contributed by atoms with Gasteiger partial charge >= 0.3 is 0 Å². The van der Waals surface area contributed by atoms with Crippen LogP contribution >= 0.6 is 0 Å². The number of hydrogen-bond acceptors (Lipinski definition) is 1. The molecule has 2 heterocycles. The SMILES string of the molecule is CC1=NC[C@@H](C)c2c1[nH]c1ccccc21. The van der Waals surface area contributed by atoms with E-state index in [-0.39, 0.29) is 0 Å². The van der Waals surface area contributed by atoms with Crippen molar-refractivity contribution in [3.8, 4) is 0 Å². The summed E-state index contributed by atoms with van der Waals surface area (Å²) in [6.45, 7) is 5.25. The Morgan fingerprint density at radius 1 is 1.33 bits per heavy atom. The summed E-state index contributed by atoms with van der Waals surface area (Å²) in [7, 11) is 0. The number of hydrogen-bond donors (Lipinski definition) is 1. The van der Waals surface area contributed by atoms with E-state index in [2.05, 4.69) is 48.1 Å². The minimum atomic E-state index is 0.528. The molecule has 1 aromatic carbocycles. The smallest absolute Gasteiger partial charge is 0.0638 e. The zero-order chi connectivity index (χ0) is 10.4. The number of rotatable bonds is 0. The van der Waals surface area contributed by atoms with Gasteiger partial charge in [0.2, 0.25) is 0 Å². The fourth-order valence-corrected chi connectivity index (χ4v) is 2.41. The largest absolute Gasteiger partial charge is 0.353 e. The highest BCUT2D eigenvalue weighted by atomic mass is 14.8. The van der Waals surface area contributed by atoms with Crippen molar-refractivity contribution in [3.63, 3.8) is 0 Å². The number of H-pyrrole nitrogens is 1. The van der Waals surface area contributed by atoms with Crippen LogP contribution in [0.25, 0.3) is 10.9 Å². The summed E-state index contributed by atoms with van der Waals surface area (Å²) in [5.41, 5.74) is 5.04. The highest BCUT2D eigenvalue weighted by molar-refractivity contribution is 6.05. The Kier molecular flexibility index (Phi) is 1.72. The van der Waals surface area contributed by atoms with Crippen molar-refractivity contribution < 1.29 is 0 Å². The van der Waals surface area contributed by atoms with Crippen LogP contribution in [0.15, 0.2) is 29.3 Å². The van der Waals surface area contributed by atoms with Gasteiger partial charge in [-0.15, -0.1) is 0 Å². The van der Waals surface area contributed by atoms with E-state index in [0.717, 1.165) is 12.3 Å². The molecule has 1 aliphatic heterocycles. The number of fused-ring (bicyclic) bond motifs is 3. The number of aromatic amines is 1. The first kappa shape index (κ1) is 8.72. The number of nitrogens with one attached hydrogen (secondary N) is 1. The molecule has 2 heteroatoms. The van der Waals surface area contributed by atoms with Gasteiger partial charge in [-0.2, -0.15) is 0 Å². The molecule has 1 aromatic heterocycles. The Labute approximate surface area is 89.0 Å². The first-order chi connectivity index (χ1) is 7.27. The maximum absolute atomic E-state index is 4.53. The van der Waals surface area contributed by atoms with Crippen molar-refractivity contribution in [2.45, 2.75) is 19.8 Å². The summed E-state index contributed by atoms with van der Waals surface area (Å²) in [4.78, 5) is 8.00.